The number of aromatic nitrogens is 1. The van der Waals surface area contributed by atoms with E-state index >= 15 is 0 Å². The maximum Gasteiger partial charge on any atom is 0.414 e. The fourth-order valence-corrected chi connectivity index (χ4v) is 3.31. The van der Waals surface area contributed by atoms with E-state index in [0.717, 1.165) is 22.2 Å². The molecule has 0 spiro atoms. The lowest BCUT2D eigenvalue weighted by molar-refractivity contribution is -0.159. The van der Waals surface area contributed by atoms with Crippen LogP contribution in [0.3, 0.4) is 0 Å². The number of carboxylic acid groups (broad SMARTS) is 2. The monoisotopic (exact) mass is 439 g/mol. The lowest BCUT2D eigenvalue weighted by Crippen LogP contribution is -2.14. The van der Waals surface area contributed by atoms with Crippen LogP contribution in [0.4, 0.5) is 0 Å². The first-order valence-corrected chi connectivity index (χ1v) is 9.67. The van der Waals surface area contributed by atoms with E-state index in [9.17, 15) is 13.2 Å². The van der Waals surface area contributed by atoms with Crippen molar-refractivity contribution in [2.45, 2.75) is 11.4 Å². The average Bonchev–Trinajstić information content (AvgIpc) is 3.16. The number of hydrogen-bond acceptors (Lipinski definition) is 7. The Bertz CT molecular complexity index is 1010. The third kappa shape index (κ3) is 7.50. The molecule has 1 amide bonds. The van der Waals surface area contributed by atoms with E-state index in [2.05, 4.69) is 0 Å². The van der Waals surface area contributed by atoms with Crippen molar-refractivity contribution in [3.05, 3.63) is 59.9 Å². The van der Waals surface area contributed by atoms with Crippen LogP contribution in [0.2, 0.25) is 0 Å². The molecule has 0 bridgehead atoms. The summed E-state index contributed by atoms with van der Waals surface area (Å²) in [5, 5.41) is 23.2. The van der Waals surface area contributed by atoms with E-state index in [1.54, 1.807) is 30.3 Å². The Morgan fingerprint density at radius 2 is 1.63 bits per heavy atom. The number of hydrogen-bond donors (Lipinski definition) is 4. The number of carbonyl (C=O) groups is 3. The standard InChI is InChI=1S/C16H19N3O4S.C2H2O4/c1-18(2)11-13-3-6-15(7-4-13)24(22,23)19-10-9-14(12-19)5-8-16(20)17-21;3-1(4)2(5)6/h3-10,12,21H,11H2,1-2H3,(H,17,20);(H,3,4)(H,5,6). The summed E-state index contributed by atoms with van der Waals surface area (Å²) in [6.07, 6.45) is 5.30. The Morgan fingerprint density at radius 1 is 1.07 bits per heavy atom. The summed E-state index contributed by atoms with van der Waals surface area (Å²) in [5.41, 5.74) is 3.00. The Kier molecular flexibility index (Phi) is 8.92. The maximum atomic E-state index is 12.6. The lowest BCUT2D eigenvalue weighted by atomic mass is 10.2. The van der Waals surface area contributed by atoms with Gasteiger partial charge in [0.2, 0.25) is 0 Å². The molecule has 0 aliphatic heterocycles. The van der Waals surface area contributed by atoms with Crippen LogP contribution in [-0.2, 0) is 31.0 Å². The van der Waals surface area contributed by atoms with Crippen LogP contribution in [0, 0.1) is 0 Å². The highest BCUT2D eigenvalue weighted by molar-refractivity contribution is 7.90. The van der Waals surface area contributed by atoms with E-state index < -0.39 is 27.9 Å². The van der Waals surface area contributed by atoms with Gasteiger partial charge in [0.15, 0.2) is 0 Å². The predicted molar refractivity (Wildman–Crippen MR) is 105 cm³/mol. The molecule has 4 N–H and O–H groups in total. The minimum Gasteiger partial charge on any atom is -0.473 e. The third-order valence-corrected chi connectivity index (χ3v) is 5.06. The molecule has 0 saturated carbocycles. The number of aliphatic carboxylic acids is 2. The number of rotatable bonds is 6. The quantitative estimate of drug-likeness (QED) is 0.216. The summed E-state index contributed by atoms with van der Waals surface area (Å²) in [6, 6.07) is 8.26. The molecule has 12 heteroatoms. The van der Waals surface area contributed by atoms with Gasteiger partial charge in [0.25, 0.3) is 15.9 Å². The molecule has 1 aromatic heterocycles. The molecule has 0 aliphatic rings. The van der Waals surface area contributed by atoms with Crippen molar-refractivity contribution in [2.24, 2.45) is 0 Å². The molecular formula is C18H21N3O8S. The molecule has 0 unspecified atom stereocenters. The van der Waals surface area contributed by atoms with Crippen molar-refractivity contribution in [1.82, 2.24) is 14.4 Å². The zero-order chi connectivity index (χ0) is 22.9. The van der Waals surface area contributed by atoms with Gasteiger partial charge >= 0.3 is 11.9 Å². The number of benzene rings is 1. The van der Waals surface area contributed by atoms with Gasteiger partial charge in [0, 0.05) is 25.0 Å². The van der Waals surface area contributed by atoms with Crippen LogP contribution >= 0.6 is 0 Å². The highest BCUT2D eigenvalue weighted by Gasteiger charge is 2.16. The van der Waals surface area contributed by atoms with Gasteiger partial charge in [-0.05, 0) is 49.5 Å². The first-order valence-electron chi connectivity index (χ1n) is 8.23. The molecule has 0 aliphatic carbocycles. The predicted octanol–water partition coefficient (Wildman–Crippen LogP) is 0.461. The molecule has 0 atom stereocenters. The van der Waals surface area contributed by atoms with Crippen molar-refractivity contribution in [3.8, 4) is 0 Å². The van der Waals surface area contributed by atoms with Crippen molar-refractivity contribution < 1.29 is 38.2 Å². The molecule has 162 valence electrons. The maximum absolute atomic E-state index is 12.6. The first-order chi connectivity index (χ1) is 14.0. The minimum atomic E-state index is -3.69. The number of nitrogens with zero attached hydrogens (tertiary/aromatic N) is 2. The molecule has 1 heterocycles. The smallest absolute Gasteiger partial charge is 0.414 e. The van der Waals surface area contributed by atoms with Crippen molar-refractivity contribution in [3.63, 3.8) is 0 Å². The van der Waals surface area contributed by atoms with Crippen LogP contribution < -0.4 is 5.48 Å². The van der Waals surface area contributed by atoms with Gasteiger partial charge in [-0.2, -0.15) is 0 Å². The Morgan fingerprint density at radius 3 is 2.10 bits per heavy atom. The second kappa shape index (κ2) is 10.9. The van der Waals surface area contributed by atoms with E-state index in [4.69, 9.17) is 25.0 Å². The first kappa shape index (κ1) is 24.6. The van der Waals surface area contributed by atoms with E-state index in [1.165, 1.54) is 23.9 Å². The average molecular weight is 439 g/mol. The second-order valence-electron chi connectivity index (χ2n) is 6.08. The number of hydroxylamine groups is 1. The van der Waals surface area contributed by atoms with Crippen molar-refractivity contribution >= 4 is 33.9 Å². The van der Waals surface area contributed by atoms with Crippen LogP contribution in [-0.4, -0.2) is 64.7 Å². The Labute approximate surface area is 172 Å². The topological polar surface area (TPSA) is 166 Å². The fourth-order valence-electron chi connectivity index (χ4n) is 2.10. The summed E-state index contributed by atoms with van der Waals surface area (Å²) in [5.74, 6) is -4.34. The molecule has 11 nitrogen and oxygen atoms in total. The van der Waals surface area contributed by atoms with E-state index in [0.29, 0.717) is 5.56 Å². The Hall–Kier alpha value is -3.48. The summed E-state index contributed by atoms with van der Waals surface area (Å²) in [7, 11) is 0.194. The molecule has 2 aromatic rings. The van der Waals surface area contributed by atoms with Crippen molar-refractivity contribution in [2.75, 3.05) is 14.1 Å². The highest BCUT2D eigenvalue weighted by Crippen LogP contribution is 2.17. The van der Waals surface area contributed by atoms with Crippen LogP contribution in [0.1, 0.15) is 11.1 Å². The number of nitrogens with one attached hydrogen (secondary N) is 1. The van der Waals surface area contributed by atoms with Gasteiger partial charge in [-0.1, -0.05) is 12.1 Å². The second-order valence-corrected chi connectivity index (χ2v) is 7.92. The molecular weight excluding hydrogens is 418 g/mol. The molecule has 30 heavy (non-hydrogen) atoms. The van der Waals surface area contributed by atoms with Gasteiger partial charge < -0.3 is 15.1 Å². The van der Waals surface area contributed by atoms with Crippen molar-refractivity contribution in [1.29, 1.82) is 0 Å². The zero-order valence-electron chi connectivity index (χ0n) is 16.1. The number of amides is 1. The van der Waals surface area contributed by atoms with Crippen LogP contribution in [0.15, 0.2) is 53.7 Å². The van der Waals surface area contributed by atoms with E-state index in [1.807, 2.05) is 19.0 Å². The van der Waals surface area contributed by atoms with Gasteiger partial charge in [-0.3, -0.25) is 10.0 Å². The molecule has 0 saturated heterocycles. The summed E-state index contributed by atoms with van der Waals surface area (Å²) < 4.78 is 26.3. The normalized spacial score (nSPS) is 11.1. The van der Waals surface area contributed by atoms with E-state index in [-0.39, 0.29) is 4.90 Å². The summed E-state index contributed by atoms with van der Waals surface area (Å²) >= 11 is 0. The molecule has 2 rings (SSSR count). The number of carbonyl (C=O) groups excluding carboxylic acids is 1. The Balaban J connectivity index is 0.000000656. The highest BCUT2D eigenvalue weighted by atomic mass is 32.2. The van der Waals surface area contributed by atoms with Gasteiger partial charge in [-0.15, -0.1) is 0 Å². The summed E-state index contributed by atoms with van der Waals surface area (Å²) in [4.78, 5) is 31.3. The van der Waals surface area contributed by atoms with Gasteiger partial charge in [-0.25, -0.2) is 27.5 Å². The lowest BCUT2D eigenvalue weighted by Gasteiger charge is -2.10. The SMILES string of the molecule is CN(C)Cc1ccc(S(=O)(=O)n2ccc(C=CC(=O)NO)c2)cc1.O=C(O)C(=O)O. The largest absolute Gasteiger partial charge is 0.473 e. The molecule has 0 radical (unpaired) electrons. The van der Waals surface area contributed by atoms with Crippen LogP contribution in [0.5, 0.6) is 0 Å². The third-order valence-electron chi connectivity index (χ3n) is 3.41. The fraction of sp³-hybridized carbons (Fsp3) is 0.167. The van der Waals surface area contributed by atoms with Crippen LogP contribution in [0.25, 0.3) is 6.08 Å². The van der Waals surface area contributed by atoms with Gasteiger partial charge in [0.05, 0.1) is 4.90 Å². The number of carboxylic acids is 2. The summed E-state index contributed by atoms with van der Waals surface area (Å²) in [6.45, 7) is 0.728. The van der Waals surface area contributed by atoms with Gasteiger partial charge in [0.1, 0.15) is 0 Å². The zero-order valence-corrected chi connectivity index (χ0v) is 16.9. The minimum absolute atomic E-state index is 0.184. The molecule has 0 fully saturated rings. The molecule has 1 aromatic carbocycles.